The predicted molar refractivity (Wildman–Crippen MR) is 119 cm³/mol. The van der Waals surface area contributed by atoms with Crippen LogP contribution in [0.15, 0.2) is 34.9 Å². The number of nitrogens with zero attached hydrogens (tertiary/aromatic N) is 1. The highest BCUT2D eigenvalue weighted by Crippen LogP contribution is 2.52. The van der Waals surface area contributed by atoms with Crippen LogP contribution in [0.3, 0.4) is 0 Å². The maximum atomic E-state index is 6.28. The molecule has 1 atom stereocenters. The fraction of sp³-hybridized carbons (Fsp3) is 0.350. The van der Waals surface area contributed by atoms with Gasteiger partial charge in [-0.1, -0.05) is 59.8 Å². The van der Waals surface area contributed by atoms with Gasteiger partial charge in [-0.15, -0.1) is 0 Å². The molecule has 2 aromatic rings. The van der Waals surface area contributed by atoms with E-state index in [1.165, 1.54) is 16.7 Å². The van der Waals surface area contributed by atoms with E-state index < -0.39 is 0 Å². The maximum absolute atomic E-state index is 6.28. The predicted octanol–water partition coefficient (Wildman–Crippen LogP) is 6.30. The first-order valence-electron chi connectivity index (χ1n) is 8.13. The minimum Gasteiger partial charge on any atom is -0.317 e. The van der Waals surface area contributed by atoms with E-state index in [0.29, 0.717) is 5.92 Å². The van der Waals surface area contributed by atoms with Crippen LogP contribution in [0.1, 0.15) is 42.7 Å². The molecule has 25 heavy (non-hydrogen) atoms. The molecule has 1 N–H and O–H groups in total. The van der Waals surface area contributed by atoms with E-state index in [9.17, 15) is 0 Å². The molecule has 4 rings (SSSR count). The number of alkyl halides is 1. The Hall–Kier alpha value is -0.430. The highest BCUT2D eigenvalue weighted by atomic mass is 127. The zero-order valence-corrected chi connectivity index (χ0v) is 17.5. The summed E-state index contributed by atoms with van der Waals surface area (Å²) in [5.74, 6) is 0.548. The van der Waals surface area contributed by atoms with Crippen molar-refractivity contribution in [3.05, 3.63) is 62.3 Å². The van der Waals surface area contributed by atoms with Crippen LogP contribution in [0.2, 0.25) is 5.02 Å². The summed E-state index contributed by atoms with van der Waals surface area (Å²) in [6.45, 7) is 2.13. The minimum atomic E-state index is -0.140. The summed E-state index contributed by atoms with van der Waals surface area (Å²) in [4.78, 5) is 4.87. The fourth-order valence-corrected chi connectivity index (χ4v) is 5.92. The monoisotopic (exact) mass is 530 g/mol. The van der Waals surface area contributed by atoms with Gasteiger partial charge in [0, 0.05) is 15.7 Å². The van der Waals surface area contributed by atoms with Crippen molar-refractivity contribution in [2.24, 2.45) is 5.92 Å². The van der Waals surface area contributed by atoms with Gasteiger partial charge in [0.15, 0.2) is 0 Å². The lowest BCUT2D eigenvalue weighted by molar-refractivity contribution is 0.328. The Morgan fingerprint density at radius 2 is 1.88 bits per heavy atom. The molecule has 0 saturated carbocycles. The first-order chi connectivity index (χ1) is 11.6. The molecule has 5 heteroatoms. The number of halogens is 3. The molecule has 0 spiro atoms. The Bertz CT molecular complexity index is 760. The van der Waals surface area contributed by atoms with E-state index in [0.717, 1.165) is 41.1 Å². The van der Waals surface area contributed by atoms with E-state index in [2.05, 4.69) is 74.2 Å². The third kappa shape index (κ3) is 3.43. The van der Waals surface area contributed by atoms with Crippen molar-refractivity contribution < 1.29 is 0 Å². The molecule has 1 aliphatic carbocycles. The van der Waals surface area contributed by atoms with Crippen molar-refractivity contribution in [3.63, 3.8) is 0 Å². The molecule has 1 aromatic heterocycles. The first-order valence-corrected chi connectivity index (χ1v) is 10.4. The number of rotatable bonds is 1. The molecule has 1 aliphatic heterocycles. The molecule has 2 nitrogen and oxygen atoms in total. The number of fused-ring (bicyclic) bond motifs is 2. The molecule has 2 heterocycles. The standard InChI is InChI=1S/C19H17BrClIN2.CH4/c20-15-9-13-2-1-12-10-16(21)3-4-17(12)19(22,18(13)24-11-15)14-5-7-23-8-6-14;/h1-4,9-11,14,23H,5-8H2;1H4. The number of nitrogens with one attached hydrogen (secondary N) is 1. The van der Waals surface area contributed by atoms with Crippen LogP contribution in [-0.2, 0) is 3.42 Å². The third-order valence-corrected chi connectivity index (χ3v) is 7.62. The van der Waals surface area contributed by atoms with Crippen LogP contribution in [0.4, 0.5) is 0 Å². The molecule has 132 valence electrons. The van der Waals surface area contributed by atoms with Crippen molar-refractivity contribution in [2.75, 3.05) is 13.1 Å². The maximum Gasteiger partial charge on any atom is 0.0930 e. The summed E-state index contributed by atoms with van der Waals surface area (Å²) in [7, 11) is 0. The van der Waals surface area contributed by atoms with Gasteiger partial charge in [-0.3, -0.25) is 4.98 Å². The van der Waals surface area contributed by atoms with Crippen LogP contribution in [-0.4, -0.2) is 18.1 Å². The van der Waals surface area contributed by atoms with Gasteiger partial charge in [0.05, 0.1) is 9.12 Å². The second-order valence-electron chi connectivity index (χ2n) is 6.39. The zero-order chi connectivity index (χ0) is 16.7. The first kappa shape index (κ1) is 19.3. The number of aromatic nitrogens is 1. The second-order valence-corrected chi connectivity index (χ2v) is 9.45. The number of benzene rings is 1. The van der Waals surface area contributed by atoms with Crippen LogP contribution in [0.5, 0.6) is 0 Å². The van der Waals surface area contributed by atoms with Gasteiger partial charge in [-0.25, -0.2) is 0 Å². The largest absolute Gasteiger partial charge is 0.317 e. The smallest absolute Gasteiger partial charge is 0.0930 e. The van der Waals surface area contributed by atoms with Gasteiger partial charge < -0.3 is 5.32 Å². The van der Waals surface area contributed by atoms with Crippen molar-refractivity contribution in [1.82, 2.24) is 10.3 Å². The molecule has 0 bridgehead atoms. The lowest BCUT2D eigenvalue weighted by atomic mass is 9.76. The molecule has 1 unspecified atom stereocenters. The third-order valence-electron chi connectivity index (χ3n) is 4.98. The van der Waals surface area contributed by atoms with Crippen molar-refractivity contribution in [3.8, 4) is 0 Å². The van der Waals surface area contributed by atoms with Crippen LogP contribution in [0, 0.1) is 5.92 Å². The number of hydrogen-bond acceptors (Lipinski definition) is 2. The molecule has 1 saturated heterocycles. The molecule has 1 aromatic carbocycles. The van der Waals surface area contributed by atoms with Crippen LogP contribution < -0.4 is 5.32 Å². The van der Waals surface area contributed by atoms with Crippen molar-refractivity contribution in [1.29, 1.82) is 0 Å². The second kappa shape index (κ2) is 7.67. The Balaban J connectivity index is 0.00000182. The van der Waals surface area contributed by atoms with Crippen LogP contribution in [0.25, 0.3) is 12.2 Å². The fourth-order valence-electron chi connectivity index (χ4n) is 3.83. The zero-order valence-electron chi connectivity index (χ0n) is 13.0. The average Bonchev–Trinajstić information content (AvgIpc) is 2.71. The Morgan fingerprint density at radius 3 is 2.64 bits per heavy atom. The van der Waals surface area contributed by atoms with Crippen molar-refractivity contribution >= 4 is 62.3 Å². The van der Waals surface area contributed by atoms with Gasteiger partial charge >= 0.3 is 0 Å². The Morgan fingerprint density at radius 1 is 1.16 bits per heavy atom. The Labute approximate surface area is 176 Å². The highest BCUT2D eigenvalue weighted by molar-refractivity contribution is 14.1. The van der Waals surface area contributed by atoms with Crippen molar-refractivity contribution in [2.45, 2.75) is 23.7 Å². The van der Waals surface area contributed by atoms with Gasteiger partial charge in [-0.2, -0.15) is 0 Å². The van der Waals surface area contributed by atoms with Crippen LogP contribution >= 0.6 is 50.1 Å². The van der Waals surface area contributed by atoms with E-state index in [4.69, 9.17) is 16.6 Å². The number of hydrogen-bond donors (Lipinski definition) is 1. The van der Waals surface area contributed by atoms with E-state index >= 15 is 0 Å². The minimum absolute atomic E-state index is 0. The summed E-state index contributed by atoms with van der Waals surface area (Å²) in [5, 5.41) is 4.26. The topological polar surface area (TPSA) is 24.9 Å². The van der Waals surface area contributed by atoms with E-state index in [1.807, 2.05) is 12.3 Å². The Kier molecular flexibility index (Phi) is 5.93. The number of piperidine rings is 1. The molecule has 2 aliphatic rings. The van der Waals surface area contributed by atoms with Gasteiger partial charge in [-0.05, 0) is 82.7 Å². The van der Waals surface area contributed by atoms with Gasteiger partial charge in [0.2, 0.25) is 0 Å². The summed E-state index contributed by atoms with van der Waals surface area (Å²) in [6, 6.07) is 8.44. The van der Waals surface area contributed by atoms with Gasteiger partial charge in [0.1, 0.15) is 0 Å². The SMILES string of the molecule is C.Clc1ccc2c(c1)C=Cc1cc(Br)cnc1C2(I)C1CCNCC1. The van der Waals surface area contributed by atoms with Gasteiger partial charge in [0.25, 0.3) is 0 Å². The summed E-state index contributed by atoms with van der Waals surface area (Å²) >= 11 is 12.5. The highest BCUT2D eigenvalue weighted by Gasteiger charge is 2.44. The summed E-state index contributed by atoms with van der Waals surface area (Å²) in [5.41, 5.74) is 4.87. The lowest BCUT2D eigenvalue weighted by Gasteiger charge is -2.39. The normalized spacial score (nSPS) is 22.5. The molecular formula is C20H21BrClIN2. The van der Waals surface area contributed by atoms with E-state index in [-0.39, 0.29) is 10.8 Å². The number of pyridine rings is 1. The molecule has 0 radical (unpaired) electrons. The molecular weight excluding hydrogens is 510 g/mol. The average molecular weight is 532 g/mol. The molecule has 1 fully saturated rings. The summed E-state index contributed by atoms with van der Waals surface area (Å²) < 4.78 is 0.873. The molecule has 0 amide bonds. The van der Waals surface area contributed by atoms with E-state index in [1.54, 1.807) is 0 Å². The summed E-state index contributed by atoms with van der Waals surface area (Å²) in [6.07, 6.45) is 8.58. The quantitative estimate of drug-likeness (QED) is 0.345. The lowest BCUT2D eigenvalue weighted by Crippen LogP contribution is -2.39.